The minimum absolute atomic E-state index is 0.363. The van der Waals surface area contributed by atoms with E-state index < -0.39 is 40.9 Å². The Morgan fingerprint density at radius 2 is 1.70 bits per heavy atom. The number of rotatable bonds is 4. The molecule has 0 saturated heterocycles. The first-order valence-electron chi connectivity index (χ1n) is 6.76. The lowest BCUT2D eigenvalue weighted by atomic mass is 10.2. The molecule has 2 N–H and O–H groups in total. The average Bonchev–Trinajstić information content (AvgIpc) is 2.51. The van der Waals surface area contributed by atoms with E-state index in [2.05, 4.69) is 10.6 Å². The van der Waals surface area contributed by atoms with Crippen LogP contribution in [-0.2, 0) is 4.79 Å². The quantitative estimate of drug-likeness (QED) is 0.659. The fourth-order valence-electron chi connectivity index (χ4n) is 1.86. The van der Waals surface area contributed by atoms with E-state index in [0.717, 1.165) is 6.07 Å². The van der Waals surface area contributed by atoms with E-state index >= 15 is 0 Å². The van der Waals surface area contributed by atoms with Crippen LogP contribution in [0.3, 0.4) is 0 Å². The van der Waals surface area contributed by atoms with Crippen LogP contribution in [0.4, 0.5) is 28.9 Å². The zero-order chi connectivity index (χ0) is 17.1. The fraction of sp³-hybridized carbons (Fsp3) is 0.188. The van der Waals surface area contributed by atoms with Gasteiger partial charge in [-0.1, -0.05) is 6.07 Å². The highest BCUT2D eigenvalue weighted by molar-refractivity contribution is 5.96. The zero-order valence-corrected chi connectivity index (χ0v) is 12.4. The summed E-state index contributed by atoms with van der Waals surface area (Å²) in [7, 11) is 0. The first kappa shape index (κ1) is 16.8. The Kier molecular flexibility index (Phi) is 4.88. The third-order valence-corrected chi connectivity index (χ3v) is 3.24. The number of anilines is 2. The molecule has 7 heteroatoms. The van der Waals surface area contributed by atoms with Crippen LogP contribution in [-0.4, -0.2) is 11.9 Å². The van der Waals surface area contributed by atoms with Crippen molar-refractivity contribution < 1.29 is 22.4 Å². The largest absolute Gasteiger partial charge is 0.374 e. The molecule has 23 heavy (non-hydrogen) atoms. The molecule has 0 spiro atoms. The van der Waals surface area contributed by atoms with Gasteiger partial charge in [0.2, 0.25) is 5.91 Å². The Labute approximate surface area is 130 Å². The SMILES string of the molecule is Cc1ccc(NC(C)C(=O)Nc2ccc(F)c(F)c2F)cc1F. The lowest BCUT2D eigenvalue weighted by Crippen LogP contribution is -2.32. The summed E-state index contributed by atoms with van der Waals surface area (Å²) in [4.78, 5) is 12.0. The first-order valence-corrected chi connectivity index (χ1v) is 6.76. The number of amides is 1. The summed E-state index contributed by atoms with van der Waals surface area (Å²) in [6.07, 6.45) is 0. The van der Waals surface area contributed by atoms with Crippen molar-refractivity contribution in [3.05, 3.63) is 59.2 Å². The third kappa shape index (κ3) is 3.80. The Morgan fingerprint density at radius 1 is 1.00 bits per heavy atom. The van der Waals surface area contributed by atoms with Crippen molar-refractivity contribution in [2.45, 2.75) is 19.9 Å². The van der Waals surface area contributed by atoms with Crippen LogP contribution >= 0.6 is 0 Å². The number of hydrogen-bond donors (Lipinski definition) is 2. The van der Waals surface area contributed by atoms with Crippen LogP contribution in [0.5, 0.6) is 0 Å². The van der Waals surface area contributed by atoms with E-state index in [4.69, 9.17) is 0 Å². The van der Waals surface area contributed by atoms with Gasteiger partial charge in [0.25, 0.3) is 0 Å². The van der Waals surface area contributed by atoms with Crippen molar-refractivity contribution in [2.24, 2.45) is 0 Å². The predicted molar refractivity (Wildman–Crippen MR) is 79.2 cm³/mol. The van der Waals surface area contributed by atoms with Crippen LogP contribution in [0.1, 0.15) is 12.5 Å². The van der Waals surface area contributed by atoms with Crippen molar-refractivity contribution in [3.8, 4) is 0 Å². The molecule has 0 aliphatic rings. The van der Waals surface area contributed by atoms with E-state index in [1.807, 2.05) is 0 Å². The summed E-state index contributed by atoms with van der Waals surface area (Å²) in [5.74, 6) is -5.61. The van der Waals surface area contributed by atoms with Gasteiger partial charge in [0.15, 0.2) is 17.5 Å². The molecule has 1 amide bonds. The lowest BCUT2D eigenvalue weighted by Gasteiger charge is -2.16. The standard InChI is InChI=1S/C16H14F4N2O/c1-8-3-4-10(7-12(8)18)21-9(2)16(23)22-13-6-5-11(17)14(19)15(13)20/h3-7,9,21H,1-2H3,(H,22,23). The van der Waals surface area contributed by atoms with E-state index in [1.54, 1.807) is 13.0 Å². The molecule has 1 unspecified atom stereocenters. The minimum Gasteiger partial charge on any atom is -0.374 e. The molecule has 122 valence electrons. The monoisotopic (exact) mass is 326 g/mol. The fourth-order valence-corrected chi connectivity index (χ4v) is 1.86. The molecular formula is C16H14F4N2O. The first-order chi connectivity index (χ1) is 10.8. The smallest absolute Gasteiger partial charge is 0.246 e. The Bertz CT molecular complexity index is 749. The summed E-state index contributed by atoms with van der Waals surface area (Å²) in [6.45, 7) is 3.06. The average molecular weight is 326 g/mol. The number of halogens is 4. The van der Waals surface area contributed by atoms with Gasteiger partial charge in [0, 0.05) is 5.69 Å². The lowest BCUT2D eigenvalue weighted by molar-refractivity contribution is -0.116. The topological polar surface area (TPSA) is 41.1 Å². The summed E-state index contributed by atoms with van der Waals surface area (Å²) in [5.41, 5.74) is 0.343. The third-order valence-electron chi connectivity index (χ3n) is 3.24. The Morgan fingerprint density at radius 3 is 2.35 bits per heavy atom. The maximum atomic E-state index is 13.5. The molecule has 0 fully saturated rings. The van der Waals surface area contributed by atoms with Crippen molar-refractivity contribution in [1.29, 1.82) is 0 Å². The van der Waals surface area contributed by atoms with E-state index in [-0.39, 0.29) is 0 Å². The van der Waals surface area contributed by atoms with Gasteiger partial charge in [-0.2, -0.15) is 0 Å². The minimum atomic E-state index is -1.66. The van der Waals surface area contributed by atoms with Crippen molar-refractivity contribution in [1.82, 2.24) is 0 Å². The maximum Gasteiger partial charge on any atom is 0.246 e. The molecule has 2 aromatic carbocycles. The van der Waals surface area contributed by atoms with Crippen molar-refractivity contribution in [3.63, 3.8) is 0 Å². The molecule has 2 rings (SSSR count). The molecule has 3 nitrogen and oxygen atoms in total. The molecule has 1 atom stereocenters. The highest BCUT2D eigenvalue weighted by Crippen LogP contribution is 2.20. The van der Waals surface area contributed by atoms with Gasteiger partial charge in [0.1, 0.15) is 11.9 Å². The maximum absolute atomic E-state index is 13.5. The molecular weight excluding hydrogens is 312 g/mol. The van der Waals surface area contributed by atoms with Crippen LogP contribution in [0.15, 0.2) is 30.3 Å². The van der Waals surface area contributed by atoms with Crippen LogP contribution in [0.25, 0.3) is 0 Å². The van der Waals surface area contributed by atoms with Gasteiger partial charge in [-0.3, -0.25) is 4.79 Å². The molecule has 2 aromatic rings. The zero-order valence-electron chi connectivity index (χ0n) is 12.4. The molecule has 0 heterocycles. The highest BCUT2D eigenvalue weighted by Gasteiger charge is 2.18. The summed E-state index contributed by atoms with van der Waals surface area (Å²) >= 11 is 0. The predicted octanol–water partition coefficient (Wildman–Crippen LogP) is 3.99. The number of carbonyl (C=O) groups excluding carboxylic acids is 1. The van der Waals surface area contributed by atoms with Gasteiger partial charge in [-0.15, -0.1) is 0 Å². The van der Waals surface area contributed by atoms with Gasteiger partial charge in [-0.05, 0) is 43.7 Å². The van der Waals surface area contributed by atoms with Gasteiger partial charge in [0.05, 0.1) is 5.69 Å². The normalized spacial score (nSPS) is 11.9. The van der Waals surface area contributed by atoms with Crippen molar-refractivity contribution in [2.75, 3.05) is 10.6 Å². The number of hydrogen-bond acceptors (Lipinski definition) is 2. The molecule has 0 saturated carbocycles. The van der Waals surface area contributed by atoms with E-state index in [1.165, 1.54) is 19.1 Å². The number of carbonyl (C=O) groups is 1. The molecule has 0 aliphatic carbocycles. The van der Waals surface area contributed by atoms with E-state index in [9.17, 15) is 22.4 Å². The van der Waals surface area contributed by atoms with Crippen molar-refractivity contribution >= 4 is 17.3 Å². The molecule has 0 aliphatic heterocycles. The Hall–Kier alpha value is -2.57. The number of nitrogens with one attached hydrogen (secondary N) is 2. The number of aryl methyl sites for hydroxylation is 1. The van der Waals surface area contributed by atoms with Crippen LogP contribution in [0.2, 0.25) is 0 Å². The number of benzene rings is 2. The Balaban J connectivity index is 2.08. The van der Waals surface area contributed by atoms with Crippen LogP contribution in [0, 0.1) is 30.2 Å². The van der Waals surface area contributed by atoms with Gasteiger partial charge in [-0.25, -0.2) is 17.6 Å². The molecule has 0 aromatic heterocycles. The second-order valence-electron chi connectivity index (χ2n) is 5.04. The van der Waals surface area contributed by atoms with Gasteiger partial charge >= 0.3 is 0 Å². The summed E-state index contributed by atoms with van der Waals surface area (Å²) in [5, 5.41) is 4.88. The summed E-state index contributed by atoms with van der Waals surface area (Å²) < 4.78 is 52.9. The molecule has 0 bridgehead atoms. The second-order valence-corrected chi connectivity index (χ2v) is 5.04. The molecule has 0 radical (unpaired) electrons. The summed E-state index contributed by atoms with van der Waals surface area (Å²) in [6, 6.07) is 5.12. The highest BCUT2D eigenvalue weighted by atomic mass is 19.2. The van der Waals surface area contributed by atoms with E-state index in [0.29, 0.717) is 17.3 Å². The van der Waals surface area contributed by atoms with Crippen LogP contribution < -0.4 is 10.6 Å². The van der Waals surface area contributed by atoms with Gasteiger partial charge < -0.3 is 10.6 Å². The second kappa shape index (κ2) is 6.68.